The first-order valence-corrected chi connectivity index (χ1v) is 8.00. The summed E-state index contributed by atoms with van der Waals surface area (Å²) in [6.07, 6.45) is 0.885. The number of nitrogens with one attached hydrogen (secondary N) is 1. The standard InChI is InChI=1S/C18H21ClFNO2/c1-2-16(11-22)21-10-13-3-7-17(8-4-13)23-12-14-5-6-15(20)9-18(14)19/h3-9,16,21-22H,2,10-12H2,1H3/t16-/m0/s1. The average Bonchev–Trinajstić information content (AvgIpc) is 2.56. The van der Waals surface area contributed by atoms with E-state index in [0.717, 1.165) is 23.3 Å². The Morgan fingerprint density at radius 3 is 2.57 bits per heavy atom. The Kier molecular flexibility index (Phi) is 6.84. The molecular formula is C18H21ClFNO2. The number of aliphatic hydroxyl groups excluding tert-OH is 1. The van der Waals surface area contributed by atoms with Gasteiger partial charge in [-0.1, -0.05) is 36.7 Å². The first-order chi connectivity index (χ1) is 11.1. The lowest BCUT2D eigenvalue weighted by Crippen LogP contribution is -2.31. The van der Waals surface area contributed by atoms with Crippen molar-refractivity contribution in [1.29, 1.82) is 0 Å². The van der Waals surface area contributed by atoms with Crippen LogP contribution < -0.4 is 10.1 Å². The second-order valence-electron chi connectivity index (χ2n) is 5.34. The van der Waals surface area contributed by atoms with E-state index in [4.69, 9.17) is 21.4 Å². The average molecular weight is 338 g/mol. The first-order valence-electron chi connectivity index (χ1n) is 7.62. The van der Waals surface area contributed by atoms with Gasteiger partial charge in [0, 0.05) is 18.2 Å². The molecule has 2 aromatic carbocycles. The molecule has 0 aliphatic carbocycles. The molecule has 23 heavy (non-hydrogen) atoms. The van der Waals surface area contributed by atoms with Crippen LogP contribution in [0.1, 0.15) is 24.5 Å². The van der Waals surface area contributed by atoms with Gasteiger partial charge in [-0.2, -0.15) is 0 Å². The maximum Gasteiger partial charge on any atom is 0.124 e. The lowest BCUT2D eigenvalue weighted by atomic mass is 10.2. The van der Waals surface area contributed by atoms with E-state index in [1.165, 1.54) is 12.1 Å². The van der Waals surface area contributed by atoms with Crippen molar-refractivity contribution in [2.24, 2.45) is 0 Å². The van der Waals surface area contributed by atoms with E-state index in [9.17, 15) is 4.39 Å². The molecule has 0 aromatic heterocycles. The number of ether oxygens (including phenoxy) is 1. The Morgan fingerprint density at radius 2 is 1.96 bits per heavy atom. The lowest BCUT2D eigenvalue weighted by molar-refractivity contribution is 0.238. The molecule has 0 radical (unpaired) electrons. The fourth-order valence-corrected chi connectivity index (χ4v) is 2.33. The number of aliphatic hydroxyl groups is 1. The maximum atomic E-state index is 13.0. The lowest BCUT2D eigenvalue weighted by Gasteiger charge is -2.14. The number of halogens is 2. The van der Waals surface area contributed by atoms with Gasteiger partial charge in [-0.3, -0.25) is 0 Å². The molecule has 0 amide bonds. The molecule has 2 aromatic rings. The third kappa shape index (κ3) is 5.50. The van der Waals surface area contributed by atoms with E-state index in [1.54, 1.807) is 6.07 Å². The highest BCUT2D eigenvalue weighted by Gasteiger charge is 2.05. The summed E-state index contributed by atoms with van der Waals surface area (Å²) in [4.78, 5) is 0. The SMILES string of the molecule is CC[C@@H](CO)NCc1ccc(OCc2ccc(F)cc2Cl)cc1. The van der Waals surface area contributed by atoms with Crippen molar-refractivity contribution in [2.75, 3.05) is 6.61 Å². The molecule has 0 aliphatic rings. The van der Waals surface area contributed by atoms with Crippen molar-refractivity contribution in [3.63, 3.8) is 0 Å². The van der Waals surface area contributed by atoms with Gasteiger partial charge < -0.3 is 15.2 Å². The van der Waals surface area contributed by atoms with Gasteiger partial charge in [0.15, 0.2) is 0 Å². The minimum absolute atomic E-state index is 0.117. The van der Waals surface area contributed by atoms with Crippen molar-refractivity contribution < 1.29 is 14.2 Å². The summed E-state index contributed by atoms with van der Waals surface area (Å²) in [6, 6.07) is 12.1. The molecule has 0 heterocycles. The molecule has 0 spiro atoms. The third-order valence-corrected chi connectivity index (χ3v) is 3.99. The summed E-state index contributed by atoms with van der Waals surface area (Å²) in [5, 5.41) is 12.8. The zero-order valence-corrected chi connectivity index (χ0v) is 13.8. The first kappa shape index (κ1) is 17.7. The Labute approximate surface area is 141 Å². The number of hydrogen-bond donors (Lipinski definition) is 2. The Bertz CT molecular complexity index is 615. The molecule has 0 aliphatic heterocycles. The maximum absolute atomic E-state index is 13.0. The van der Waals surface area contributed by atoms with Crippen molar-refractivity contribution in [3.8, 4) is 5.75 Å². The summed E-state index contributed by atoms with van der Waals surface area (Å²) >= 11 is 5.97. The van der Waals surface area contributed by atoms with Gasteiger partial charge in [-0.15, -0.1) is 0 Å². The smallest absolute Gasteiger partial charge is 0.124 e. The zero-order valence-electron chi connectivity index (χ0n) is 13.1. The fraction of sp³-hybridized carbons (Fsp3) is 0.333. The van der Waals surface area contributed by atoms with Gasteiger partial charge in [0.05, 0.1) is 11.6 Å². The van der Waals surface area contributed by atoms with Gasteiger partial charge in [-0.25, -0.2) is 4.39 Å². The summed E-state index contributed by atoms with van der Waals surface area (Å²) in [7, 11) is 0. The largest absolute Gasteiger partial charge is 0.489 e. The molecule has 0 unspecified atom stereocenters. The van der Waals surface area contributed by atoms with E-state index in [-0.39, 0.29) is 18.5 Å². The molecule has 5 heteroatoms. The van der Waals surface area contributed by atoms with Crippen LogP contribution in [0, 0.1) is 5.82 Å². The third-order valence-electron chi connectivity index (χ3n) is 3.64. The molecule has 1 atom stereocenters. The van der Waals surface area contributed by atoms with Crippen LogP contribution in [0.5, 0.6) is 5.75 Å². The van der Waals surface area contributed by atoms with Gasteiger partial charge in [-0.05, 0) is 36.2 Å². The predicted octanol–water partition coefficient (Wildman–Crippen LogP) is 3.92. The van der Waals surface area contributed by atoms with Crippen molar-refractivity contribution in [3.05, 3.63) is 64.4 Å². The Balaban J connectivity index is 1.87. The van der Waals surface area contributed by atoms with E-state index >= 15 is 0 Å². The normalized spacial score (nSPS) is 12.2. The highest BCUT2D eigenvalue weighted by molar-refractivity contribution is 6.31. The van der Waals surface area contributed by atoms with Gasteiger partial charge >= 0.3 is 0 Å². The zero-order chi connectivity index (χ0) is 16.7. The predicted molar refractivity (Wildman–Crippen MR) is 90.2 cm³/mol. The second-order valence-corrected chi connectivity index (χ2v) is 5.74. The van der Waals surface area contributed by atoms with Crippen LogP contribution in [0.3, 0.4) is 0 Å². The number of hydrogen-bond acceptors (Lipinski definition) is 3. The van der Waals surface area contributed by atoms with Crippen LogP contribution in [0.2, 0.25) is 5.02 Å². The van der Waals surface area contributed by atoms with Crippen LogP contribution in [0.25, 0.3) is 0 Å². The Hall–Kier alpha value is -1.62. The number of rotatable bonds is 8. The van der Waals surface area contributed by atoms with E-state index in [2.05, 4.69) is 5.32 Å². The minimum Gasteiger partial charge on any atom is -0.489 e. The van der Waals surface area contributed by atoms with Gasteiger partial charge in [0.2, 0.25) is 0 Å². The Morgan fingerprint density at radius 1 is 1.22 bits per heavy atom. The van der Waals surface area contributed by atoms with Gasteiger partial charge in [0.1, 0.15) is 18.2 Å². The monoisotopic (exact) mass is 337 g/mol. The topological polar surface area (TPSA) is 41.5 Å². The van der Waals surface area contributed by atoms with Crippen LogP contribution in [0.4, 0.5) is 4.39 Å². The molecule has 0 saturated heterocycles. The second kappa shape index (κ2) is 8.87. The highest BCUT2D eigenvalue weighted by atomic mass is 35.5. The van der Waals surface area contributed by atoms with E-state index in [0.29, 0.717) is 18.2 Å². The molecule has 3 nitrogen and oxygen atoms in total. The van der Waals surface area contributed by atoms with Crippen molar-refractivity contribution in [1.82, 2.24) is 5.32 Å². The van der Waals surface area contributed by atoms with Crippen LogP contribution >= 0.6 is 11.6 Å². The van der Waals surface area contributed by atoms with Crippen LogP contribution in [-0.4, -0.2) is 17.8 Å². The molecule has 0 fully saturated rings. The van der Waals surface area contributed by atoms with Gasteiger partial charge in [0.25, 0.3) is 0 Å². The van der Waals surface area contributed by atoms with Crippen LogP contribution in [0.15, 0.2) is 42.5 Å². The van der Waals surface area contributed by atoms with Crippen molar-refractivity contribution >= 4 is 11.6 Å². The molecular weight excluding hydrogens is 317 g/mol. The summed E-state index contributed by atoms with van der Waals surface area (Å²) in [6.45, 7) is 3.16. The summed E-state index contributed by atoms with van der Waals surface area (Å²) < 4.78 is 18.7. The molecule has 124 valence electrons. The minimum atomic E-state index is -0.358. The molecule has 2 N–H and O–H groups in total. The molecule has 0 bridgehead atoms. The summed E-state index contributed by atoms with van der Waals surface area (Å²) in [5.41, 5.74) is 1.86. The highest BCUT2D eigenvalue weighted by Crippen LogP contribution is 2.20. The molecule has 2 rings (SSSR count). The quantitative estimate of drug-likeness (QED) is 0.767. The van der Waals surface area contributed by atoms with Crippen molar-refractivity contribution in [2.45, 2.75) is 32.5 Å². The van der Waals surface area contributed by atoms with Crippen LogP contribution in [-0.2, 0) is 13.2 Å². The van der Waals surface area contributed by atoms with E-state index in [1.807, 2.05) is 31.2 Å². The fourth-order valence-electron chi connectivity index (χ4n) is 2.10. The molecule has 0 saturated carbocycles. The number of benzene rings is 2. The summed E-state index contributed by atoms with van der Waals surface area (Å²) in [5.74, 6) is 0.368. The van der Waals surface area contributed by atoms with E-state index < -0.39 is 0 Å².